The van der Waals surface area contributed by atoms with Crippen LogP contribution in [0.25, 0.3) is 10.3 Å². The molecule has 0 atom stereocenters. The number of rotatable bonds is 5. The molecule has 0 aromatic carbocycles. The molecule has 2 heterocycles. The first-order chi connectivity index (χ1) is 8.67. The smallest absolute Gasteiger partial charge is 0.292 e. The van der Waals surface area contributed by atoms with E-state index in [2.05, 4.69) is 15.9 Å². The third kappa shape index (κ3) is 2.62. The molecule has 0 spiro atoms. The third-order valence-electron chi connectivity index (χ3n) is 2.56. The normalized spacial score (nSPS) is 11.1. The van der Waals surface area contributed by atoms with Gasteiger partial charge in [-0.05, 0) is 34.8 Å². The van der Waals surface area contributed by atoms with E-state index in [1.165, 1.54) is 11.3 Å². The molecule has 5 heteroatoms. The first-order valence-electron chi connectivity index (χ1n) is 6.05. The molecule has 2 aromatic rings. The Morgan fingerprint density at radius 3 is 2.83 bits per heavy atom. The van der Waals surface area contributed by atoms with E-state index >= 15 is 0 Å². The van der Waals surface area contributed by atoms with Crippen LogP contribution in [0.1, 0.15) is 32.3 Å². The maximum Gasteiger partial charge on any atom is 0.292 e. The molecule has 0 bridgehead atoms. The Balaban J connectivity index is 2.58. The van der Waals surface area contributed by atoms with Crippen LogP contribution in [0.5, 0.6) is 5.95 Å². The Bertz CT molecular complexity index is 600. The molecule has 0 aliphatic rings. The summed E-state index contributed by atoms with van der Waals surface area (Å²) in [5, 5.41) is 0.638. The van der Waals surface area contributed by atoms with E-state index in [4.69, 9.17) is 9.15 Å². The molecular weight excluding hydrogens is 316 g/mol. The molecule has 0 radical (unpaired) electrons. The summed E-state index contributed by atoms with van der Waals surface area (Å²) in [6.07, 6.45) is 2.47. The average Bonchev–Trinajstić information content (AvgIpc) is 2.72. The zero-order valence-corrected chi connectivity index (χ0v) is 12.8. The summed E-state index contributed by atoms with van der Waals surface area (Å²) in [5.74, 6) is 0.394. The lowest BCUT2D eigenvalue weighted by atomic mass is 10.1. The third-order valence-corrected chi connectivity index (χ3v) is 4.07. The summed E-state index contributed by atoms with van der Waals surface area (Å²) in [6.45, 7) is 4.63. The van der Waals surface area contributed by atoms with E-state index in [9.17, 15) is 4.79 Å². The molecule has 0 aliphatic carbocycles. The second kappa shape index (κ2) is 5.89. The molecule has 3 nitrogen and oxygen atoms in total. The highest BCUT2D eigenvalue weighted by Crippen LogP contribution is 2.32. The highest BCUT2D eigenvalue weighted by molar-refractivity contribution is 9.11. The van der Waals surface area contributed by atoms with E-state index in [-0.39, 0.29) is 5.43 Å². The standard InChI is InChI=1S/C13H15BrO3S/c1-3-5-8-11(15)9-7-10(14)18-13(9)17-12(8)16-6-4-2/h7H,3-6H2,1-2H3. The molecule has 0 saturated heterocycles. The van der Waals surface area contributed by atoms with Crippen LogP contribution in [-0.4, -0.2) is 6.61 Å². The van der Waals surface area contributed by atoms with Crippen LogP contribution >= 0.6 is 27.3 Å². The van der Waals surface area contributed by atoms with Gasteiger partial charge in [0.2, 0.25) is 5.43 Å². The maximum absolute atomic E-state index is 12.4. The van der Waals surface area contributed by atoms with Crippen LogP contribution in [0.15, 0.2) is 19.1 Å². The molecule has 2 rings (SSSR count). The fourth-order valence-corrected chi connectivity index (χ4v) is 3.16. The van der Waals surface area contributed by atoms with Gasteiger partial charge in [0, 0.05) is 0 Å². The van der Waals surface area contributed by atoms with Crippen molar-refractivity contribution in [1.82, 2.24) is 0 Å². The number of hydrogen-bond donors (Lipinski definition) is 0. The predicted octanol–water partition coefficient (Wildman–Crippen LogP) is 4.36. The molecular formula is C13H15BrO3S. The van der Waals surface area contributed by atoms with Gasteiger partial charge in [0.05, 0.1) is 21.3 Å². The molecule has 0 N–H and O–H groups in total. The van der Waals surface area contributed by atoms with Gasteiger partial charge in [-0.25, -0.2) is 0 Å². The van der Waals surface area contributed by atoms with E-state index < -0.39 is 0 Å². The first-order valence-corrected chi connectivity index (χ1v) is 7.66. The lowest BCUT2D eigenvalue weighted by molar-refractivity contribution is 0.242. The van der Waals surface area contributed by atoms with Crippen molar-refractivity contribution < 1.29 is 9.15 Å². The second-order valence-electron chi connectivity index (χ2n) is 4.05. The van der Waals surface area contributed by atoms with E-state index in [0.29, 0.717) is 34.8 Å². The highest BCUT2D eigenvalue weighted by atomic mass is 79.9. The minimum absolute atomic E-state index is 0.0335. The number of fused-ring (bicyclic) bond motifs is 1. The second-order valence-corrected chi connectivity index (χ2v) is 6.44. The molecule has 0 amide bonds. The van der Waals surface area contributed by atoms with Crippen molar-refractivity contribution >= 4 is 37.5 Å². The van der Waals surface area contributed by atoms with Crippen LogP contribution in [-0.2, 0) is 6.42 Å². The first kappa shape index (κ1) is 13.6. The molecule has 0 unspecified atom stereocenters. The van der Waals surface area contributed by atoms with Crippen molar-refractivity contribution in [2.45, 2.75) is 33.1 Å². The zero-order chi connectivity index (χ0) is 13.1. The summed E-state index contributed by atoms with van der Waals surface area (Å²) in [6, 6.07) is 1.81. The largest absolute Gasteiger partial charge is 0.465 e. The quantitative estimate of drug-likeness (QED) is 0.817. The molecule has 2 aromatic heterocycles. The topological polar surface area (TPSA) is 39.4 Å². The number of halogens is 1. The van der Waals surface area contributed by atoms with Gasteiger partial charge >= 0.3 is 0 Å². The summed E-state index contributed by atoms with van der Waals surface area (Å²) in [7, 11) is 0. The predicted molar refractivity (Wildman–Crippen MR) is 77.8 cm³/mol. The minimum atomic E-state index is 0.0335. The van der Waals surface area contributed by atoms with Crippen LogP contribution in [0, 0.1) is 0 Å². The van der Waals surface area contributed by atoms with Crippen LogP contribution in [0.2, 0.25) is 0 Å². The van der Waals surface area contributed by atoms with Crippen LogP contribution in [0.3, 0.4) is 0 Å². The number of thiophene rings is 1. The molecule has 0 saturated carbocycles. The van der Waals surface area contributed by atoms with E-state index in [1.54, 1.807) is 0 Å². The monoisotopic (exact) mass is 330 g/mol. The van der Waals surface area contributed by atoms with Crippen LogP contribution in [0.4, 0.5) is 0 Å². The highest BCUT2D eigenvalue weighted by Gasteiger charge is 2.16. The maximum atomic E-state index is 12.4. The van der Waals surface area contributed by atoms with Gasteiger partial charge in [-0.2, -0.15) is 0 Å². The van der Waals surface area contributed by atoms with Gasteiger partial charge in [-0.15, -0.1) is 0 Å². The fourth-order valence-electron chi connectivity index (χ4n) is 1.76. The Kier molecular flexibility index (Phi) is 4.45. The van der Waals surface area contributed by atoms with E-state index in [1.807, 2.05) is 19.9 Å². The lowest BCUT2D eigenvalue weighted by Crippen LogP contribution is -2.11. The van der Waals surface area contributed by atoms with Gasteiger partial charge in [0.1, 0.15) is 0 Å². The van der Waals surface area contributed by atoms with Crippen LogP contribution < -0.4 is 10.2 Å². The SMILES string of the molecule is CCCOc1oc2sc(Br)cc2c(=O)c1CCC. The Morgan fingerprint density at radius 2 is 2.17 bits per heavy atom. The number of hydrogen-bond acceptors (Lipinski definition) is 4. The van der Waals surface area contributed by atoms with Gasteiger partial charge in [0.15, 0.2) is 4.90 Å². The number of ether oxygens (including phenoxy) is 1. The van der Waals surface area contributed by atoms with Crippen molar-refractivity contribution in [3.05, 3.63) is 25.6 Å². The minimum Gasteiger partial charge on any atom is -0.465 e. The average molecular weight is 331 g/mol. The Morgan fingerprint density at radius 1 is 1.39 bits per heavy atom. The summed E-state index contributed by atoms with van der Waals surface area (Å²) in [4.78, 5) is 13.0. The fraction of sp³-hybridized carbons (Fsp3) is 0.462. The van der Waals surface area contributed by atoms with Crippen molar-refractivity contribution in [3.8, 4) is 5.95 Å². The van der Waals surface area contributed by atoms with Crippen molar-refractivity contribution in [3.63, 3.8) is 0 Å². The summed E-state index contributed by atoms with van der Waals surface area (Å²) in [5.41, 5.74) is 0.690. The molecule has 18 heavy (non-hydrogen) atoms. The summed E-state index contributed by atoms with van der Waals surface area (Å²) >= 11 is 4.79. The molecule has 98 valence electrons. The summed E-state index contributed by atoms with van der Waals surface area (Å²) < 4.78 is 12.2. The Labute approximate surface area is 118 Å². The van der Waals surface area contributed by atoms with Crippen molar-refractivity contribution in [1.29, 1.82) is 0 Å². The van der Waals surface area contributed by atoms with Gasteiger partial charge in [-0.1, -0.05) is 31.6 Å². The van der Waals surface area contributed by atoms with E-state index in [0.717, 1.165) is 16.6 Å². The molecule has 0 aliphatic heterocycles. The van der Waals surface area contributed by atoms with Crippen molar-refractivity contribution in [2.24, 2.45) is 0 Å². The Hall–Kier alpha value is -0.810. The molecule has 0 fully saturated rings. The zero-order valence-electron chi connectivity index (χ0n) is 10.4. The van der Waals surface area contributed by atoms with Gasteiger partial charge in [0.25, 0.3) is 5.95 Å². The van der Waals surface area contributed by atoms with Crippen molar-refractivity contribution in [2.75, 3.05) is 6.61 Å². The van der Waals surface area contributed by atoms with Gasteiger partial charge < -0.3 is 9.15 Å². The lowest BCUT2D eigenvalue weighted by Gasteiger charge is -2.08. The van der Waals surface area contributed by atoms with Gasteiger partial charge in [-0.3, -0.25) is 4.79 Å².